The Bertz CT molecular complexity index is 1050. The topological polar surface area (TPSA) is 78.7 Å². The van der Waals surface area contributed by atoms with Crippen molar-refractivity contribution in [2.24, 2.45) is 5.92 Å². The monoisotopic (exact) mass is 454 g/mol. The molecule has 0 spiro atoms. The minimum absolute atomic E-state index is 0.0132. The molecule has 0 bridgehead atoms. The molecule has 7 nitrogen and oxygen atoms in total. The number of piperazine rings is 1. The van der Waals surface area contributed by atoms with Gasteiger partial charge in [0.1, 0.15) is 17.8 Å². The van der Waals surface area contributed by atoms with Crippen LogP contribution >= 0.6 is 11.6 Å². The molecule has 2 aromatic carbocycles. The van der Waals surface area contributed by atoms with Crippen molar-refractivity contribution in [3.8, 4) is 0 Å². The summed E-state index contributed by atoms with van der Waals surface area (Å²) in [5.41, 5.74) is 2.49. The average molecular weight is 455 g/mol. The second-order valence-electron chi connectivity index (χ2n) is 8.44. The smallest absolute Gasteiger partial charge is 0.296 e. The van der Waals surface area contributed by atoms with Crippen molar-refractivity contribution in [1.82, 2.24) is 14.8 Å². The number of benzene rings is 2. The minimum atomic E-state index is -0.502. The summed E-state index contributed by atoms with van der Waals surface area (Å²) >= 11 is 5.97. The van der Waals surface area contributed by atoms with E-state index in [0.29, 0.717) is 42.8 Å². The third kappa shape index (κ3) is 4.95. The van der Waals surface area contributed by atoms with Crippen molar-refractivity contribution < 1.29 is 14.0 Å². The quantitative estimate of drug-likeness (QED) is 0.546. The molecule has 1 saturated heterocycles. The van der Waals surface area contributed by atoms with Crippen LogP contribution in [-0.2, 0) is 16.1 Å². The lowest BCUT2D eigenvalue weighted by atomic mass is 10.0. The summed E-state index contributed by atoms with van der Waals surface area (Å²) < 4.78 is 5.75. The number of amides is 1. The van der Waals surface area contributed by atoms with Crippen molar-refractivity contribution >= 4 is 40.9 Å². The predicted octanol–water partition coefficient (Wildman–Crippen LogP) is 3.83. The number of fused-ring (bicyclic) bond motifs is 1. The zero-order valence-corrected chi connectivity index (χ0v) is 19.0. The van der Waals surface area contributed by atoms with Crippen molar-refractivity contribution in [2.45, 2.75) is 32.5 Å². The Morgan fingerprint density at radius 3 is 2.66 bits per heavy atom. The van der Waals surface area contributed by atoms with Crippen LogP contribution in [0.4, 0.5) is 6.01 Å². The second-order valence-corrected chi connectivity index (χ2v) is 8.87. The number of para-hydroxylation sites is 2. The molecule has 0 aliphatic carbocycles. The van der Waals surface area contributed by atoms with Gasteiger partial charge in [0.2, 0.25) is 5.91 Å². The van der Waals surface area contributed by atoms with Crippen LogP contribution in [0.3, 0.4) is 0 Å². The first kappa shape index (κ1) is 22.3. The SMILES string of the molecule is CC(C)C(Nc1nc2ccccc2o1)C(=O)N1CCN(Cc2ccc(Cl)cc2)C(C=O)C1. The number of aldehydes is 1. The van der Waals surface area contributed by atoms with Crippen LogP contribution in [-0.4, -0.2) is 58.7 Å². The summed E-state index contributed by atoms with van der Waals surface area (Å²) in [6, 6.07) is 14.6. The van der Waals surface area contributed by atoms with E-state index in [1.807, 2.05) is 62.4 Å². The van der Waals surface area contributed by atoms with Gasteiger partial charge < -0.3 is 19.4 Å². The summed E-state index contributed by atoms with van der Waals surface area (Å²) in [5.74, 6) is -0.0421. The maximum Gasteiger partial charge on any atom is 0.296 e. The number of aromatic nitrogens is 1. The van der Waals surface area contributed by atoms with Crippen LogP contribution in [0.25, 0.3) is 11.1 Å². The van der Waals surface area contributed by atoms with Crippen LogP contribution in [0, 0.1) is 5.92 Å². The average Bonchev–Trinajstić information content (AvgIpc) is 3.21. The van der Waals surface area contributed by atoms with E-state index in [1.165, 1.54) is 0 Å². The molecule has 168 valence electrons. The number of hydrogen-bond donors (Lipinski definition) is 1. The maximum absolute atomic E-state index is 13.4. The van der Waals surface area contributed by atoms with E-state index in [4.69, 9.17) is 16.0 Å². The van der Waals surface area contributed by atoms with Crippen LogP contribution in [0.2, 0.25) is 5.02 Å². The van der Waals surface area contributed by atoms with Crippen molar-refractivity contribution in [3.63, 3.8) is 0 Å². The second kappa shape index (κ2) is 9.71. The molecule has 1 aliphatic heterocycles. The maximum atomic E-state index is 13.4. The molecule has 0 radical (unpaired) electrons. The fraction of sp³-hybridized carbons (Fsp3) is 0.375. The number of rotatable bonds is 7. The molecule has 32 heavy (non-hydrogen) atoms. The Labute approximate surface area is 192 Å². The number of carbonyl (C=O) groups excluding carboxylic acids is 2. The molecular formula is C24H27ClN4O3. The number of hydrogen-bond acceptors (Lipinski definition) is 6. The van der Waals surface area contributed by atoms with Crippen molar-refractivity contribution in [1.29, 1.82) is 0 Å². The normalized spacial score (nSPS) is 18.1. The Morgan fingerprint density at radius 2 is 1.97 bits per heavy atom. The lowest BCUT2D eigenvalue weighted by Gasteiger charge is -2.40. The van der Waals surface area contributed by atoms with Gasteiger partial charge in [0.05, 0.1) is 6.04 Å². The van der Waals surface area contributed by atoms with Gasteiger partial charge in [0.25, 0.3) is 6.01 Å². The molecule has 1 amide bonds. The number of oxazole rings is 1. The van der Waals surface area contributed by atoms with Crippen molar-refractivity contribution in [2.75, 3.05) is 25.0 Å². The lowest BCUT2D eigenvalue weighted by molar-refractivity contribution is -0.137. The molecule has 2 atom stereocenters. The number of halogens is 1. The molecule has 1 fully saturated rings. The highest BCUT2D eigenvalue weighted by Gasteiger charge is 2.34. The van der Waals surface area contributed by atoms with E-state index in [1.54, 1.807) is 4.90 Å². The lowest BCUT2D eigenvalue weighted by Crippen LogP contribution is -2.58. The fourth-order valence-corrected chi connectivity index (χ4v) is 4.10. The zero-order valence-electron chi connectivity index (χ0n) is 18.2. The summed E-state index contributed by atoms with van der Waals surface area (Å²) in [4.78, 5) is 33.5. The molecule has 2 heterocycles. The van der Waals surface area contributed by atoms with Gasteiger partial charge in [-0.05, 0) is 35.7 Å². The third-order valence-corrected chi connectivity index (χ3v) is 6.06. The predicted molar refractivity (Wildman–Crippen MR) is 125 cm³/mol. The molecule has 0 saturated carbocycles. The summed E-state index contributed by atoms with van der Waals surface area (Å²) in [6.07, 6.45) is 0.925. The van der Waals surface area contributed by atoms with Crippen molar-refractivity contribution in [3.05, 3.63) is 59.1 Å². The van der Waals surface area contributed by atoms with Gasteiger partial charge in [-0.2, -0.15) is 4.98 Å². The van der Waals surface area contributed by atoms with Crippen LogP contribution in [0.1, 0.15) is 19.4 Å². The molecular weight excluding hydrogens is 428 g/mol. The largest absolute Gasteiger partial charge is 0.424 e. The van der Waals surface area contributed by atoms with Crippen LogP contribution in [0.15, 0.2) is 52.9 Å². The number of anilines is 1. The number of carbonyl (C=O) groups is 2. The van der Waals surface area contributed by atoms with E-state index in [9.17, 15) is 9.59 Å². The Kier molecular flexibility index (Phi) is 6.77. The van der Waals surface area contributed by atoms with Gasteiger partial charge in [-0.15, -0.1) is 0 Å². The molecule has 8 heteroatoms. The van der Waals surface area contributed by atoms with Gasteiger partial charge in [0, 0.05) is 31.2 Å². The molecule has 1 aliphatic rings. The van der Waals surface area contributed by atoms with Gasteiger partial charge in [-0.1, -0.05) is 49.7 Å². The number of nitrogens with one attached hydrogen (secondary N) is 1. The van der Waals surface area contributed by atoms with Gasteiger partial charge in [-0.3, -0.25) is 9.69 Å². The Morgan fingerprint density at radius 1 is 1.22 bits per heavy atom. The van der Waals surface area contributed by atoms with E-state index in [2.05, 4.69) is 15.2 Å². The molecule has 1 aromatic heterocycles. The highest BCUT2D eigenvalue weighted by Crippen LogP contribution is 2.22. The highest BCUT2D eigenvalue weighted by atomic mass is 35.5. The number of nitrogens with zero attached hydrogens (tertiary/aromatic N) is 3. The zero-order chi connectivity index (χ0) is 22.7. The van der Waals surface area contributed by atoms with Crippen LogP contribution in [0.5, 0.6) is 0 Å². The Balaban J connectivity index is 1.43. The van der Waals surface area contributed by atoms with Gasteiger partial charge in [0.15, 0.2) is 5.58 Å². The Hall–Kier alpha value is -2.90. The van der Waals surface area contributed by atoms with E-state index < -0.39 is 6.04 Å². The van der Waals surface area contributed by atoms with Gasteiger partial charge >= 0.3 is 0 Å². The molecule has 2 unspecified atom stereocenters. The fourth-order valence-electron chi connectivity index (χ4n) is 3.97. The summed E-state index contributed by atoms with van der Waals surface area (Å²) in [6.45, 7) is 6.12. The minimum Gasteiger partial charge on any atom is -0.424 e. The highest BCUT2D eigenvalue weighted by molar-refractivity contribution is 6.30. The molecule has 4 rings (SSSR count). The standard InChI is InChI=1S/C24H27ClN4O3/c1-16(2)22(27-24-26-20-5-3-4-6-21(20)32-24)23(31)29-12-11-28(19(14-29)15-30)13-17-7-9-18(25)10-8-17/h3-10,15-16,19,22H,11-14H2,1-2H3,(H,26,27). The van der Waals surface area contributed by atoms with E-state index in [-0.39, 0.29) is 17.9 Å². The van der Waals surface area contributed by atoms with E-state index in [0.717, 1.165) is 17.4 Å². The first-order valence-corrected chi connectivity index (χ1v) is 11.2. The summed E-state index contributed by atoms with van der Waals surface area (Å²) in [7, 11) is 0. The third-order valence-electron chi connectivity index (χ3n) is 5.81. The first-order valence-electron chi connectivity index (χ1n) is 10.8. The molecule has 3 aromatic rings. The first-order chi connectivity index (χ1) is 15.4. The van der Waals surface area contributed by atoms with Crippen LogP contribution < -0.4 is 5.32 Å². The van der Waals surface area contributed by atoms with Gasteiger partial charge in [-0.25, -0.2) is 0 Å². The van der Waals surface area contributed by atoms with E-state index >= 15 is 0 Å². The molecule has 1 N–H and O–H groups in total. The summed E-state index contributed by atoms with van der Waals surface area (Å²) in [5, 5.41) is 3.85.